The van der Waals surface area contributed by atoms with E-state index in [9.17, 15) is 14.7 Å². The summed E-state index contributed by atoms with van der Waals surface area (Å²) in [5, 5.41) is 21.6. The number of hydrogen-bond acceptors (Lipinski definition) is 9. The second kappa shape index (κ2) is 17.1. The molecular weight excluding hydrogens is 739 g/mol. The van der Waals surface area contributed by atoms with E-state index in [1.165, 1.54) is 18.5 Å². The van der Waals surface area contributed by atoms with E-state index in [4.69, 9.17) is 0 Å². The highest BCUT2D eigenvalue weighted by atomic mass is 16.3. The minimum absolute atomic E-state index is 0.179. The van der Waals surface area contributed by atoms with Gasteiger partial charge in [-0.05, 0) is 118 Å². The molecule has 5 aliphatic rings. The van der Waals surface area contributed by atoms with Crippen molar-refractivity contribution in [2.24, 2.45) is 5.92 Å². The standard InChI is InChI=1S/C48H57N7O4/c56-44-14-5-4-11-40(44)41-31-38(32-49-51-41)53-29-23-48(24-30-53,36-9-2-1-3-10-36)47(59)55-26-7-6-12-43(55)42-13-8-25-54(42)33-34-21-27-52(28-22-34)37-17-15-35(16-18-37)39-19-20-45(57)50-46(39)58/h1-5,9-11,14-18,31-32,34,39,42-43,56H,6-8,12-13,19-30,33H2,(H,50,57,58)/t39-,42?,43?/m1/s1. The molecule has 0 bridgehead atoms. The van der Waals surface area contributed by atoms with Gasteiger partial charge in [-0.2, -0.15) is 10.2 Å². The fourth-order valence-electron chi connectivity index (χ4n) is 10.9. The van der Waals surface area contributed by atoms with E-state index in [0.717, 1.165) is 108 Å². The van der Waals surface area contributed by atoms with Gasteiger partial charge in [-0.3, -0.25) is 24.6 Å². The Morgan fingerprint density at radius 3 is 2.24 bits per heavy atom. The SMILES string of the molecule is O=C1CC[C@H](c2ccc(N3CCC(CN4CCCC4C4CCCCN4C(=O)C4(c5ccccc5)CCN(c5cnnc(-c6ccccc6O)c5)CC4)CC3)cc2)C(=O)N1. The summed E-state index contributed by atoms with van der Waals surface area (Å²) >= 11 is 0. The summed E-state index contributed by atoms with van der Waals surface area (Å²) in [4.78, 5) is 49.3. The van der Waals surface area contributed by atoms with Crippen LogP contribution in [0.25, 0.3) is 11.3 Å². The zero-order chi connectivity index (χ0) is 40.3. The fraction of sp³-hybridized carbons (Fsp3) is 0.479. The number of piperidine rings is 4. The number of aromatic nitrogens is 2. The molecule has 5 fully saturated rings. The number of carbonyl (C=O) groups is 3. The fourth-order valence-corrected chi connectivity index (χ4v) is 10.9. The van der Waals surface area contributed by atoms with Crippen LogP contribution in [0.5, 0.6) is 5.75 Å². The third-order valence-electron chi connectivity index (χ3n) is 14.2. The lowest BCUT2D eigenvalue weighted by Crippen LogP contribution is -2.60. The number of imide groups is 1. The zero-order valence-electron chi connectivity index (χ0n) is 34.1. The first-order valence-electron chi connectivity index (χ1n) is 22.0. The summed E-state index contributed by atoms with van der Waals surface area (Å²) in [5.74, 6) is 0.489. The summed E-state index contributed by atoms with van der Waals surface area (Å²) in [6.07, 6.45) is 12.1. The van der Waals surface area contributed by atoms with E-state index in [-0.39, 0.29) is 29.5 Å². The predicted octanol–water partition coefficient (Wildman–Crippen LogP) is 6.67. The number of para-hydroxylation sites is 1. The van der Waals surface area contributed by atoms with Gasteiger partial charge in [-0.15, -0.1) is 0 Å². The summed E-state index contributed by atoms with van der Waals surface area (Å²) in [7, 11) is 0. The van der Waals surface area contributed by atoms with Gasteiger partial charge >= 0.3 is 0 Å². The Morgan fingerprint density at radius 2 is 1.47 bits per heavy atom. The maximum Gasteiger partial charge on any atom is 0.234 e. The normalized spacial score (nSPS) is 24.3. The number of benzene rings is 3. The van der Waals surface area contributed by atoms with Crippen molar-refractivity contribution in [2.75, 3.05) is 55.6 Å². The molecule has 0 spiro atoms. The van der Waals surface area contributed by atoms with Gasteiger partial charge in [0.05, 0.1) is 28.9 Å². The average Bonchev–Trinajstić information content (AvgIpc) is 3.75. The molecule has 2 N–H and O–H groups in total. The van der Waals surface area contributed by atoms with Gasteiger partial charge in [0.15, 0.2) is 0 Å². The van der Waals surface area contributed by atoms with Crippen LogP contribution >= 0.6 is 0 Å². The van der Waals surface area contributed by atoms with Crippen LogP contribution in [-0.4, -0.2) is 101 Å². The first-order valence-corrected chi connectivity index (χ1v) is 22.0. The van der Waals surface area contributed by atoms with Gasteiger partial charge in [0.2, 0.25) is 17.7 Å². The lowest BCUT2D eigenvalue weighted by molar-refractivity contribution is -0.144. The second-order valence-electron chi connectivity index (χ2n) is 17.5. The third kappa shape index (κ3) is 8.06. The van der Waals surface area contributed by atoms with Crippen molar-refractivity contribution < 1.29 is 19.5 Å². The van der Waals surface area contributed by atoms with Crippen LogP contribution in [-0.2, 0) is 19.8 Å². The number of nitrogens with zero attached hydrogens (tertiary/aromatic N) is 6. The molecule has 308 valence electrons. The first-order chi connectivity index (χ1) is 28.9. The lowest BCUT2D eigenvalue weighted by Gasteiger charge is -2.49. The number of aromatic hydroxyl groups is 1. The quantitative estimate of drug-likeness (QED) is 0.179. The van der Waals surface area contributed by atoms with Crippen LogP contribution in [0.15, 0.2) is 91.1 Å². The zero-order valence-corrected chi connectivity index (χ0v) is 34.1. The van der Waals surface area contributed by atoms with Gasteiger partial charge < -0.3 is 19.8 Å². The Balaban J connectivity index is 0.859. The van der Waals surface area contributed by atoms with Gasteiger partial charge in [-0.25, -0.2) is 0 Å². The van der Waals surface area contributed by atoms with E-state index < -0.39 is 5.41 Å². The highest BCUT2D eigenvalue weighted by Crippen LogP contribution is 2.42. The predicted molar refractivity (Wildman–Crippen MR) is 229 cm³/mol. The number of hydrogen-bond donors (Lipinski definition) is 2. The molecule has 0 saturated carbocycles. The van der Waals surface area contributed by atoms with Crippen molar-refractivity contribution in [3.63, 3.8) is 0 Å². The summed E-state index contributed by atoms with van der Waals surface area (Å²) in [6, 6.07) is 28.8. The molecule has 11 nitrogen and oxygen atoms in total. The number of phenols is 1. The molecule has 0 radical (unpaired) electrons. The van der Waals surface area contributed by atoms with Gasteiger partial charge in [-0.1, -0.05) is 54.6 Å². The number of rotatable bonds is 9. The molecule has 9 rings (SSSR count). The highest BCUT2D eigenvalue weighted by molar-refractivity contribution is 6.01. The molecule has 3 atom stereocenters. The Morgan fingerprint density at radius 1 is 0.746 bits per heavy atom. The van der Waals surface area contributed by atoms with Gasteiger partial charge in [0, 0.05) is 69.0 Å². The minimum Gasteiger partial charge on any atom is -0.507 e. The molecule has 5 saturated heterocycles. The van der Waals surface area contributed by atoms with Crippen molar-refractivity contribution in [1.29, 1.82) is 0 Å². The van der Waals surface area contributed by atoms with E-state index in [2.05, 4.69) is 83.6 Å². The largest absolute Gasteiger partial charge is 0.507 e. The Bertz CT molecular complexity index is 2110. The Hall–Kier alpha value is -5.29. The Labute approximate surface area is 347 Å². The minimum atomic E-state index is -0.593. The van der Waals surface area contributed by atoms with Crippen LogP contribution in [0.2, 0.25) is 0 Å². The molecule has 11 heteroatoms. The number of anilines is 2. The topological polar surface area (TPSA) is 122 Å². The maximum atomic E-state index is 15.4. The van der Waals surface area contributed by atoms with E-state index in [0.29, 0.717) is 42.0 Å². The summed E-state index contributed by atoms with van der Waals surface area (Å²) in [6.45, 7) is 6.49. The average molecular weight is 796 g/mol. The molecular formula is C48H57N7O4. The van der Waals surface area contributed by atoms with Crippen LogP contribution in [0.3, 0.4) is 0 Å². The molecule has 5 aliphatic heterocycles. The van der Waals surface area contributed by atoms with Crippen LogP contribution in [0, 0.1) is 5.92 Å². The van der Waals surface area contributed by atoms with Crippen molar-refractivity contribution in [3.8, 4) is 17.0 Å². The van der Waals surface area contributed by atoms with Crippen LogP contribution in [0.1, 0.15) is 87.7 Å². The third-order valence-corrected chi connectivity index (χ3v) is 14.2. The monoisotopic (exact) mass is 795 g/mol. The molecule has 4 aromatic rings. The second-order valence-corrected chi connectivity index (χ2v) is 17.5. The van der Waals surface area contributed by atoms with Crippen molar-refractivity contribution in [2.45, 2.75) is 94.0 Å². The van der Waals surface area contributed by atoms with E-state index in [1.807, 2.05) is 24.3 Å². The van der Waals surface area contributed by atoms with E-state index >= 15 is 4.79 Å². The summed E-state index contributed by atoms with van der Waals surface area (Å²) in [5.41, 5.74) is 4.96. The smallest absolute Gasteiger partial charge is 0.234 e. The van der Waals surface area contributed by atoms with E-state index in [1.54, 1.807) is 18.3 Å². The highest BCUT2D eigenvalue weighted by Gasteiger charge is 2.49. The van der Waals surface area contributed by atoms with Gasteiger partial charge in [0.25, 0.3) is 0 Å². The molecule has 3 amide bonds. The van der Waals surface area contributed by atoms with Gasteiger partial charge in [0.1, 0.15) is 5.75 Å². The molecule has 6 heterocycles. The summed E-state index contributed by atoms with van der Waals surface area (Å²) < 4.78 is 0. The van der Waals surface area contributed by atoms with Crippen LogP contribution < -0.4 is 15.1 Å². The number of carbonyl (C=O) groups excluding carboxylic acids is 3. The lowest BCUT2D eigenvalue weighted by atomic mass is 9.70. The van der Waals surface area contributed by atoms with Crippen molar-refractivity contribution in [3.05, 3.63) is 102 Å². The molecule has 3 aromatic carbocycles. The molecule has 59 heavy (non-hydrogen) atoms. The number of phenolic OH excluding ortho intramolecular Hbond substituents is 1. The number of amides is 3. The molecule has 0 aliphatic carbocycles. The number of likely N-dealkylation sites (tertiary alicyclic amines) is 2. The molecule has 2 unspecified atom stereocenters. The first kappa shape index (κ1) is 39.2. The van der Waals surface area contributed by atoms with Crippen molar-refractivity contribution >= 4 is 29.1 Å². The molecule has 1 aromatic heterocycles. The van der Waals surface area contributed by atoms with Crippen molar-refractivity contribution in [1.82, 2.24) is 25.3 Å². The Kier molecular flexibility index (Phi) is 11.4. The van der Waals surface area contributed by atoms with Crippen LogP contribution in [0.4, 0.5) is 11.4 Å². The maximum absolute atomic E-state index is 15.4. The number of nitrogens with one attached hydrogen (secondary N) is 1.